The van der Waals surface area contributed by atoms with Gasteiger partial charge in [-0.1, -0.05) is 32.6 Å². The molecule has 0 bridgehead atoms. The number of unbranched alkanes of at least 4 members (excludes halogenated alkanes) is 3. The van der Waals surface area contributed by atoms with E-state index in [0.717, 1.165) is 18.9 Å². The van der Waals surface area contributed by atoms with Crippen LogP contribution in [0, 0.1) is 0 Å². The fraction of sp³-hybridized carbons (Fsp3) is 0.750. The lowest BCUT2D eigenvalue weighted by Crippen LogP contribution is -2.42. The van der Waals surface area contributed by atoms with Crippen molar-refractivity contribution in [3.63, 3.8) is 0 Å². The van der Waals surface area contributed by atoms with Crippen molar-refractivity contribution in [2.75, 3.05) is 13.6 Å². The maximum atomic E-state index is 4.28. The lowest BCUT2D eigenvalue weighted by molar-refractivity contribution is 0.537. The Hall–Kier alpha value is -0.790. The molecule has 0 aliphatic heterocycles. The van der Waals surface area contributed by atoms with Crippen LogP contribution in [0.3, 0.4) is 0 Å². The summed E-state index contributed by atoms with van der Waals surface area (Å²) < 4.78 is 1.83. The summed E-state index contributed by atoms with van der Waals surface area (Å²) in [5.41, 5.74) is 1.24. The summed E-state index contributed by atoms with van der Waals surface area (Å²) in [6.45, 7) is 5.34. The molecule has 22 heavy (non-hydrogen) atoms. The quantitative estimate of drug-likeness (QED) is 0.279. The summed E-state index contributed by atoms with van der Waals surface area (Å²) in [5, 5.41) is 11.0. The van der Waals surface area contributed by atoms with Gasteiger partial charge >= 0.3 is 0 Å². The number of halogens is 1. The zero-order valence-electron chi connectivity index (χ0n) is 14.4. The van der Waals surface area contributed by atoms with Crippen molar-refractivity contribution in [1.82, 2.24) is 20.4 Å². The highest BCUT2D eigenvalue weighted by molar-refractivity contribution is 14.0. The van der Waals surface area contributed by atoms with E-state index in [-0.39, 0.29) is 24.0 Å². The Kier molecular flexibility index (Phi) is 12.3. The van der Waals surface area contributed by atoms with E-state index in [9.17, 15) is 0 Å². The van der Waals surface area contributed by atoms with Crippen LogP contribution < -0.4 is 10.6 Å². The van der Waals surface area contributed by atoms with Gasteiger partial charge in [-0.2, -0.15) is 5.10 Å². The van der Waals surface area contributed by atoms with Crippen molar-refractivity contribution < 1.29 is 0 Å². The number of aliphatic imine (C=N–C) groups is 1. The van der Waals surface area contributed by atoms with Gasteiger partial charge in [0.1, 0.15) is 0 Å². The van der Waals surface area contributed by atoms with E-state index in [1.54, 1.807) is 0 Å². The standard InChI is InChI=1S/C16H31N5.HI/c1-5-6-7-8-9-14(2)20-16(17-3)18-11-10-15-12-19-21(4)13-15;/h12-14H,5-11H2,1-4H3,(H2,17,18,20);1H. The second-order valence-electron chi connectivity index (χ2n) is 5.67. The second kappa shape index (κ2) is 12.7. The Morgan fingerprint density at radius 1 is 1.36 bits per heavy atom. The van der Waals surface area contributed by atoms with Crippen molar-refractivity contribution in [2.45, 2.75) is 58.4 Å². The normalized spacial score (nSPS) is 12.6. The maximum absolute atomic E-state index is 4.28. The topological polar surface area (TPSA) is 54.2 Å². The Bertz CT molecular complexity index is 416. The summed E-state index contributed by atoms with van der Waals surface area (Å²) in [6.07, 6.45) is 11.4. The summed E-state index contributed by atoms with van der Waals surface area (Å²) in [7, 11) is 3.76. The minimum Gasteiger partial charge on any atom is -0.356 e. The molecule has 0 spiro atoms. The van der Waals surface area contributed by atoms with Crippen LogP contribution in [0.5, 0.6) is 0 Å². The van der Waals surface area contributed by atoms with Crippen molar-refractivity contribution in [3.8, 4) is 0 Å². The SMILES string of the molecule is CCCCCCC(C)NC(=NC)NCCc1cnn(C)c1.I. The molecule has 1 atom stereocenters. The minimum absolute atomic E-state index is 0. The number of nitrogens with one attached hydrogen (secondary N) is 2. The largest absolute Gasteiger partial charge is 0.356 e. The van der Waals surface area contributed by atoms with Crippen molar-refractivity contribution in [2.24, 2.45) is 12.0 Å². The second-order valence-corrected chi connectivity index (χ2v) is 5.67. The van der Waals surface area contributed by atoms with Crippen molar-refractivity contribution >= 4 is 29.9 Å². The van der Waals surface area contributed by atoms with Crippen LogP contribution in [0.2, 0.25) is 0 Å². The highest BCUT2D eigenvalue weighted by Crippen LogP contribution is 2.05. The van der Waals surface area contributed by atoms with Gasteiger partial charge in [0.05, 0.1) is 6.20 Å². The molecule has 6 heteroatoms. The number of guanidine groups is 1. The fourth-order valence-electron chi connectivity index (χ4n) is 2.30. The van der Waals surface area contributed by atoms with E-state index in [2.05, 4.69) is 34.6 Å². The molecule has 0 amide bonds. The van der Waals surface area contributed by atoms with E-state index in [0.29, 0.717) is 6.04 Å². The lowest BCUT2D eigenvalue weighted by atomic mass is 10.1. The summed E-state index contributed by atoms with van der Waals surface area (Å²) >= 11 is 0. The molecular weight excluding hydrogens is 389 g/mol. The summed E-state index contributed by atoms with van der Waals surface area (Å²) in [5.74, 6) is 0.891. The molecule has 0 saturated carbocycles. The van der Waals surface area contributed by atoms with Gasteiger partial charge in [-0.25, -0.2) is 0 Å². The van der Waals surface area contributed by atoms with Gasteiger partial charge in [0.15, 0.2) is 5.96 Å². The third-order valence-corrected chi connectivity index (χ3v) is 3.56. The van der Waals surface area contributed by atoms with Crippen LogP contribution in [0.4, 0.5) is 0 Å². The Morgan fingerprint density at radius 2 is 2.14 bits per heavy atom. The van der Waals surface area contributed by atoms with Gasteiger partial charge < -0.3 is 10.6 Å². The molecule has 5 nitrogen and oxygen atoms in total. The first kappa shape index (κ1) is 21.2. The average molecular weight is 421 g/mol. The van der Waals surface area contributed by atoms with Gasteiger partial charge in [0, 0.05) is 32.9 Å². The Labute approximate surface area is 152 Å². The van der Waals surface area contributed by atoms with E-state index >= 15 is 0 Å². The van der Waals surface area contributed by atoms with Gasteiger partial charge in [0.25, 0.3) is 0 Å². The summed E-state index contributed by atoms with van der Waals surface area (Å²) in [4.78, 5) is 4.28. The fourth-order valence-corrected chi connectivity index (χ4v) is 2.30. The van der Waals surface area contributed by atoms with E-state index in [4.69, 9.17) is 0 Å². The molecule has 1 aromatic heterocycles. The lowest BCUT2D eigenvalue weighted by Gasteiger charge is -2.17. The molecule has 0 fully saturated rings. The van der Waals surface area contributed by atoms with Gasteiger partial charge in [-0.05, 0) is 25.3 Å². The molecule has 128 valence electrons. The molecule has 2 N–H and O–H groups in total. The van der Waals surface area contributed by atoms with Gasteiger partial charge in [0.2, 0.25) is 0 Å². The molecule has 1 aromatic rings. The zero-order chi connectivity index (χ0) is 15.5. The number of hydrogen-bond acceptors (Lipinski definition) is 2. The molecule has 1 unspecified atom stereocenters. The van der Waals surface area contributed by atoms with Crippen LogP contribution in [-0.2, 0) is 13.5 Å². The molecule has 0 aliphatic rings. The number of aryl methyl sites for hydroxylation is 1. The van der Waals surface area contributed by atoms with E-state index in [1.165, 1.54) is 37.7 Å². The number of aromatic nitrogens is 2. The molecular formula is C16H32IN5. The molecule has 1 rings (SSSR count). The van der Waals surface area contributed by atoms with Gasteiger partial charge in [-0.3, -0.25) is 9.67 Å². The highest BCUT2D eigenvalue weighted by atomic mass is 127. The summed E-state index contributed by atoms with van der Waals surface area (Å²) in [6, 6.07) is 0.464. The molecule has 1 heterocycles. The third-order valence-electron chi connectivity index (χ3n) is 3.56. The van der Waals surface area contributed by atoms with E-state index < -0.39 is 0 Å². The first-order chi connectivity index (χ1) is 10.2. The predicted molar refractivity (Wildman–Crippen MR) is 105 cm³/mol. The highest BCUT2D eigenvalue weighted by Gasteiger charge is 2.05. The smallest absolute Gasteiger partial charge is 0.191 e. The average Bonchev–Trinajstić information content (AvgIpc) is 2.88. The van der Waals surface area contributed by atoms with Crippen LogP contribution >= 0.6 is 24.0 Å². The van der Waals surface area contributed by atoms with Crippen LogP contribution in [-0.4, -0.2) is 35.4 Å². The number of nitrogens with zero attached hydrogens (tertiary/aromatic N) is 3. The number of rotatable bonds is 9. The van der Waals surface area contributed by atoms with Crippen molar-refractivity contribution in [3.05, 3.63) is 18.0 Å². The monoisotopic (exact) mass is 421 g/mol. The number of hydrogen-bond donors (Lipinski definition) is 2. The predicted octanol–water partition coefficient (Wildman–Crippen LogP) is 3.10. The maximum Gasteiger partial charge on any atom is 0.191 e. The van der Waals surface area contributed by atoms with Crippen LogP contribution in [0.15, 0.2) is 17.4 Å². The minimum atomic E-state index is 0. The van der Waals surface area contributed by atoms with Gasteiger partial charge in [-0.15, -0.1) is 24.0 Å². The molecule has 0 saturated heterocycles. The first-order valence-corrected chi connectivity index (χ1v) is 8.10. The van der Waals surface area contributed by atoms with E-state index in [1.807, 2.05) is 31.2 Å². The third kappa shape index (κ3) is 9.27. The molecule has 0 radical (unpaired) electrons. The van der Waals surface area contributed by atoms with Crippen LogP contribution in [0.1, 0.15) is 51.5 Å². The van der Waals surface area contributed by atoms with Crippen LogP contribution in [0.25, 0.3) is 0 Å². The Balaban J connectivity index is 0.00000441. The zero-order valence-corrected chi connectivity index (χ0v) is 16.8. The first-order valence-electron chi connectivity index (χ1n) is 8.10. The molecule has 0 aromatic carbocycles. The van der Waals surface area contributed by atoms with Crippen molar-refractivity contribution in [1.29, 1.82) is 0 Å². The Morgan fingerprint density at radius 3 is 2.73 bits per heavy atom. The molecule has 0 aliphatic carbocycles.